The van der Waals surface area contributed by atoms with E-state index in [9.17, 15) is 9.59 Å². The van der Waals surface area contributed by atoms with Crippen LogP contribution in [0.15, 0.2) is 78.0 Å². The fraction of sp³-hybridized carbons (Fsp3) is 0.120. The maximum atomic E-state index is 12.4. The van der Waals surface area contributed by atoms with Gasteiger partial charge in [0.05, 0.1) is 12.3 Å². The van der Waals surface area contributed by atoms with Crippen LogP contribution in [0.1, 0.15) is 11.4 Å². The van der Waals surface area contributed by atoms with Crippen LogP contribution < -0.4 is 10.6 Å². The molecule has 0 radical (unpaired) electrons. The van der Waals surface area contributed by atoms with Gasteiger partial charge in [0.15, 0.2) is 11.0 Å². The van der Waals surface area contributed by atoms with Crippen LogP contribution in [0, 0.1) is 0 Å². The van der Waals surface area contributed by atoms with E-state index < -0.39 is 0 Å². The lowest BCUT2D eigenvalue weighted by Gasteiger charge is -2.07. The van der Waals surface area contributed by atoms with Crippen molar-refractivity contribution in [3.63, 3.8) is 0 Å². The molecule has 34 heavy (non-hydrogen) atoms. The molecular weight excluding hydrogens is 470 g/mol. The van der Waals surface area contributed by atoms with Gasteiger partial charge in [-0.05, 0) is 40.6 Å². The van der Waals surface area contributed by atoms with Crippen molar-refractivity contribution < 1.29 is 9.59 Å². The van der Waals surface area contributed by atoms with Crippen molar-refractivity contribution in [1.29, 1.82) is 0 Å². The maximum Gasteiger partial charge on any atom is 0.244 e. The Morgan fingerprint density at radius 3 is 2.62 bits per heavy atom. The minimum atomic E-state index is -0.271. The van der Waals surface area contributed by atoms with Gasteiger partial charge >= 0.3 is 0 Å². The van der Waals surface area contributed by atoms with Gasteiger partial charge < -0.3 is 15.2 Å². The van der Waals surface area contributed by atoms with Crippen LogP contribution in [-0.2, 0) is 23.2 Å². The minimum Gasteiger partial charge on any atom is -0.345 e. The molecule has 1 aromatic heterocycles. The summed E-state index contributed by atoms with van der Waals surface area (Å²) in [4.78, 5) is 24.5. The number of hydrogen-bond donors (Lipinski definition) is 2. The van der Waals surface area contributed by atoms with E-state index in [1.165, 1.54) is 17.8 Å². The van der Waals surface area contributed by atoms with Gasteiger partial charge in [-0.1, -0.05) is 71.9 Å². The molecule has 2 N–H and O–H groups in total. The van der Waals surface area contributed by atoms with Crippen molar-refractivity contribution >= 4 is 57.7 Å². The quantitative estimate of drug-likeness (QED) is 0.276. The first-order chi connectivity index (χ1) is 16.5. The Labute approximate surface area is 206 Å². The first-order valence-corrected chi connectivity index (χ1v) is 11.9. The van der Waals surface area contributed by atoms with E-state index in [4.69, 9.17) is 11.6 Å². The smallest absolute Gasteiger partial charge is 0.244 e. The number of rotatable bonds is 8. The summed E-state index contributed by atoms with van der Waals surface area (Å²) < 4.78 is 1.76. The summed E-state index contributed by atoms with van der Waals surface area (Å²) in [6.07, 6.45) is 3.08. The highest BCUT2D eigenvalue weighted by atomic mass is 35.5. The molecule has 0 fully saturated rings. The van der Waals surface area contributed by atoms with E-state index in [1.54, 1.807) is 23.8 Å². The van der Waals surface area contributed by atoms with Gasteiger partial charge in [0.1, 0.15) is 0 Å². The molecule has 172 valence electrons. The number of nitrogens with zero attached hydrogens (tertiary/aromatic N) is 3. The van der Waals surface area contributed by atoms with E-state index >= 15 is 0 Å². The Morgan fingerprint density at radius 2 is 1.79 bits per heavy atom. The Morgan fingerprint density at radius 1 is 1.03 bits per heavy atom. The molecular formula is C25H22ClN5O2S. The van der Waals surface area contributed by atoms with E-state index in [0.717, 1.165) is 22.0 Å². The first kappa shape index (κ1) is 23.5. The third kappa shape index (κ3) is 6.03. The van der Waals surface area contributed by atoms with Crippen LogP contribution in [0.25, 0.3) is 16.8 Å². The monoisotopic (exact) mass is 491 g/mol. The summed E-state index contributed by atoms with van der Waals surface area (Å²) in [7, 11) is 1.80. The Bertz CT molecular complexity index is 1370. The highest BCUT2D eigenvalue weighted by molar-refractivity contribution is 7.99. The van der Waals surface area contributed by atoms with Crippen molar-refractivity contribution in [1.82, 2.24) is 20.1 Å². The molecule has 4 aromatic rings. The average molecular weight is 492 g/mol. The van der Waals surface area contributed by atoms with Crippen molar-refractivity contribution in [3.8, 4) is 0 Å². The lowest BCUT2D eigenvalue weighted by Crippen LogP contribution is -2.22. The number of nitrogens with one attached hydrogen (secondary N) is 2. The van der Waals surface area contributed by atoms with Gasteiger partial charge in [-0.15, -0.1) is 10.2 Å². The third-order valence-electron chi connectivity index (χ3n) is 5.03. The van der Waals surface area contributed by atoms with E-state index in [0.29, 0.717) is 16.0 Å². The van der Waals surface area contributed by atoms with Gasteiger partial charge in [-0.2, -0.15) is 0 Å². The number of carbonyl (C=O) groups excluding carboxylic acids is 2. The number of thioether (sulfide) groups is 1. The van der Waals surface area contributed by atoms with Crippen molar-refractivity contribution in [2.75, 3.05) is 11.1 Å². The second kappa shape index (κ2) is 11.0. The van der Waals surface area contributed by atoms with E-state index in [2.05, 4.69) is 20.8 Å². The lowest BCUT2D eigenvalue weighted by atomic mass is 10.1. The largest absolute Gasteiger partial charge is 0.345 e. The molecule has 0 atom stereocenters. The summed E-state index contributed by atoms with van der Waals surface area (Å²) in [5, 5.41) is 17.3. The zero-order chi connectivity index (χ0) is 23.9. The summed E-state index contributed by atoms with van der Waals surface area (Å²) in [6, 6.07) is 21.1. The third-order valence-corrected chi connectivity index (χ3v) is 6.40. The fourth-order valence-corrected chi connectivity index (χ4v) is 4.15. The molecule has 0 aliphatic heterocycles. The van der Waals surface area contributed by atoms with Crippen LogP contribution in [0.5, 0.6) is 0 Å². The second-order valence-corrected chi connectivity index (χ2v) is 8.78. The van der Waals surface area contributed by atoms with Gasteiger partial charge in [0.2, 0.25) is 11.8 Å². The predicted octanol–water partition coefficient (Wildman–Crippen LogP) is 4.68. The Kier molecular flexibility index (Phi) is 7.61. The van der Waals surface area contributed by atoms with Crippen LogP contribution in [0.2, 0.25) is 5.02 Å². The summed E-state index contributed by atoms with van der Waals surface area (Å²) in [6.45, 7) is 0.207. The Balaban J connectivity index is 1.27. The van der Waals surface area contributed by atoms with Gasteiger partial charge in [-0.3, -0.25) is 9.59 Å². The topological polar surface area (TPSA) is 88.9 Å². The number of hydrogen-bond acceptors (Lipinski definition) is 5. The van der Waals surface area contributed by atoms with E-state index in [1.807, 2.05) is 60.7 Å². The normalized spacial score (nSPS) is 11.1. The number of amides is 2. The molecule has 1 heterocycles. The van der Waals surface area contributed by atoms with Crippen molar-refractivity contribution in [2.24, 2.45) is 7.05 Å². The molecule has 0 saturated heterocycles. The molecule has 0 unspecified atom stereocenters. The highest BCUT2D eigenvalue weighted by Gasteiger charge is 2.12. The van der Waals surface area contributed by atoms with Gasteiger partial charge in [0, 0.05) is 23.8 Å². The molecule has 0 bridgehead atoms. The maximum absolute atomic E-state index is 12.4. The fourth-order valence-electron chi connectivity index (χ4n) is 3.22. The molecule has 0 aliphatic rings. The summed E-state index contributed by atoms with van der Waals surface area (Å²) in [5.41, 5.74) is 1.51. The molecule has 3 aromatic carbocycles. The number of benzene rings is 3. The molecule has 9 heteroatoms. The lowest BCUT2D eigenvalue weighted by molar-refractivity contribution is -0.116. The van der Waals surface area contributed by atoms with Crippen LogP contribution in [0.3, 0.4) is 0 Å². The zero-order valence-electron chi connectivity index (χ0n) is 18.4. The predicted molar refractivity (Wildman–Crippen MR) is 137 cm³/mol. The first-order valence-electron chi connectivity index (χ1n) is 10.5. The van der Waals surface area contributed by atoms with Crippen LogP contribution in [-0.4, -0.2) is 32.3 Å². The van der Waals surface area contributed by atoms with E-state index in [-0.39, 0.29) is 24.1 Å². The second-order valence-electron chi connectivity index (χ2n) is 7.43. The summed E-state index contributed by atoms with van der Waals surface area (Å²) in [5.74, 6) is 0.359. The number of fused-ring (bicyclic) bond motifs is 1. The number of aromatic nitrogens is 3. The molecule has 0 saturated carbocycles. The Hall–Kier alpha value is -3.62. The SMILES string of the molecule is Cn1c(CNC(=O)/C=C/c2ccccc2Cl)nnc1SCC(=O)Nc1ccc2ccccc2c1. The van der Waals surface area contributed by atoms with Crippen LogP contribution >= 0.6 is 23.4 Å². The number of carbonyl (C=O) groups is 2. The standard InChI is InChI=1S/C25H22ClN5O2S/c1-31-22(15-27-23(32)13-11-18-7-4-5-9-21(18)26)29-30-25(31)34-16-24(33)28-20-12-10-17-6-2-3-8-19(17)14-20/h2-14H,15-16H2,1H3,(H,27,32)(H,28,33)/b13-11+. The van der Waals surface area contributed by atoms with Crippen molar-refractivity contribution in [2.45, 2.75) is 11.7 Å². The number of halogens is 1. The molecule has 0 spiro atoms. The highest BCUT2D eigenvalue weighted by Crippen LogP contribution is 2.20. The zero-order valence-corrected chi connectivity index (χ0v) is 19.9. The summed E-state index contributed by atoms with van der Waals surface area (Å²) >= 11 is 7.37. The van der Waals surface area contributed by atoms with Crippen LogP contribution in [0.4, 0.5) is 5.69 Å². The average Bonchev–Trinajstić information content (AvgIpc) is 3.20. The molecule has 0 aliphatic carbocycles. The van der Waals surface area contributed by atoms with Gasteiger partial charge in [0.25, 0.3) is 0 Å². The van der Waals surface area contributed by atoms with Crippen molar-refractivity contribution in [3.05, 3.63) is 89.2 Å². The number of anilines is 1. The van der Waals surface area contributed by atoms with Gasteiger partial charge in [-0.25, -0.2) is 0 Å². The minimum absolute atomic E-state index is 0.136. The molecule has 2 amide bonds. The molecule has 4 rings (SSSR count). The molecule has 7 nitrogen and oxygen atoms in total.